The first-order valence-electron chi connectivity index (χ1n) is 5.40. The number of carbonyl (C=O) groups is 1. The van der Waals surface area contributed by atoms with E-state index in [0.29, 0.717) is 0 Å². The summed E-state index contributed by atoms with van der Waals surface area (Å²) in [6.07, 6.45) is 2.09. The number of rotatable bonds is 2. The lowest BCUT2D eigenvalue weighted by Crippen LogP contribution is -2.42. The lowest BCUT2D eigenvalue weighted by atomic mass is 10.1. The average molecular weight is 235 g/mol. The van der Waals surface area contributed by atoms with E-state index in [1.54, 1.807) is 0 Å². The minimum atomic E-state index is 0. The molecule has 3 atom stereocenters. The Morgan fingerprint density at radius 3 is 2.80 bits per heavy atom. The molecule has 2 N–H and O–H groups in total. The van der Waals surface area contributed by atoms with Crippen LogP contribution in [0.5, 0.6) is 0 Å². The Hall–Kier alpha value is -0.320. The third-order valence-electron chi connectivity index (χ3n) is 3.13. The van der Waals surface area contributed by atoms with E-state index < -0.39 is 0 Å². The van der Waals surface area contributed by atoms with Crippen molar-refractivity contribution in [3.8, 4) is 0 Å². The van der Waals surface area contributed by atoms with Crippen LogP contribution in [-0.4, -0.2) is 37.7 Å². The molecule has 2 rings (SSSR count). The Labute approximate surface area is 96.5 Å². The highest BCUT2D eigenvalue weighted by molar-refractivity contribution is 5.85. The van der Waals surface area contributed by atoms with Crippen LogP contribution in [0.1, 0.15) is 19.8 Å². The van der Waals surface area contributed by atoms with E-state index in [-0.39, 0.29) is 36.4 Å². The fourth-order valence-corrected chi connectivity index (χ4v) is 2.10. The van der Waals surface area contributed by atoms with E-state index in [1.165, 1.54) is 0 Å². The monoisotopic (exact) mass is 234 g/mol. The number of carbonyl (C=O) groups excluding carboxylic acids is 1. The van der Waals surface area contributed by atoms with Gasteiger partial charge >= 0.3 is 0 Å². The smallest absolute Gasteiger partial charge is 0.224 e. The van der Waals surface area contributed by atoms with Crippen LogP contribution in [0.4, 0.5) is 0 Å². The predicted molar refractivity (Wildman–Crippen MR) is 60.2 cm³/mol. The van der Waals surface area contributed by atoms with Crippen LogP contribution in [0, 0.1) is 5.92 Å². The van der Waals surface area contributed by atoms with Crippen molar-refractivity contribution < 1.29 is 9.53 Å². The van der Waals surface area contributed by atoms with Crippen molar-refractivity contribution in [1.82, 2.24) is 10.6 Å². The summed E-state index contributed by atoms with van der Waals surface area (Å²) in [6.45, 7) is 4.59. The summed E-state index contributed by atoms with van der Waals surface area (Å²) in [6, 6.07) is 0.225. The molecule has 0 saturated carbocycles. The SMILES string of the molecule is CC1OCCC1NC(=O)[C@H]1CCNC1.Cl. The van der Waals surface area contributed by atoms with Crippen molar-refractivity contribution in [1.29, 1.82) is 0 Å². The highest BCUT2D eigenvalue weighted by Gasteiger charge is 2.29. The molecule has 0 radical (unpaired) electrons. The van der Waals surface area contributed by atoms with Gasteiger partial charge in [-0.1, -0.05) is 0 Å². The predicted octanol–water partition coefficient (Wildman–Crippen LogP) is 0.311. The normalized spacial score (nSPS) is 34.9. The van der Waals surface area contributed by atoms with Gasteiger partial charge in [-0.3, -0.25) is 4.79 Å². The Bertz CT molecular complexity index is 219. The molecule has 0 aliphatic carbocycles. The molecule has 4 nitrogen and oxygen atoms in total. The quantitative estimate of drug-likeness (QED) is 0.723. The van der Waals surface area contributed by atoms with Crippen molar-refractivity contribution in [2.45, 2.75) is 31.9 Å². The van der Waals surface area contributed by atoms with Crippen LogP contribution >= 0.6 is 12.4 Å². The number of hydrogen-bond acceptors (Lipinski definition) is 3. The van der Waals surface area contributed by atoms with Gasteiger partial charge in [0.2, 0.25) is 5.91 Å². The second kappa shape index (κ2) is 5.68. The highest BCUT2D eigenvalue weighted by Crippen LogP contribution is 2.14. The maximum absolute atomic E-state index is 11.7. The third kappa shape index (κ3) is 3.06. The van der Waals surface area contributed by atoms with Gasteiger partial charge in [0.15, 0.2) is 0 Å². The Morgan fingerprint density at radius 2 is 2.27 bits per heavy atom. The number of halogens is 1. The van der Waals surface area contributed by atoms with Gasteiger partial charge in [-0.2, -0.15) is 0 Å². The zero-order valence-electron chi connectivity index (χ0n) is 8.99. The Balaban J connectivity index is 0.00000112. The largest absolute Gasteiger partial charge is 0.376 e. The van der Waals surface area contributed by atoms with E-state index in [1.807, 2.05) is 6.92 Å². The molecular weight excluding hydrogens is 216 g/mol. The zero-order valence-corrected chi connectivity index (χ0v) is 9.81. The van der Waals surface area contributed by atoms with E-state index in [2.05, 4.69) is 10.6 Å². The second-order valence-electron chi connectivity index (χ2n) is 4.17. The van der Waals surface area contributed by atoms with Crippen molar-refractivity contribution in [2.24, 2.45) is 5.92 Å². The first-order chi connectivity index (χ1) is 6.77. The molecule has 15 heavy (non-hydrogen) atoms. The molecule has 2 heterocycles. The fraction of sp³-hybridized carbons (Fsp3) is 0.900. The van der Waals surface area contributed by atoms with Crippen LogP contribution in [0.15, 0.2) is 0 Å². The number of hydrogen-bond donors (Lipinski definition) is 2. The highest BCUT2D eigenvalue weighted by atomic mass is 35.5. The molecule has 1 amide bonds. The maximum atomic E-state index is 11.7. The molecule has 2 saturated heterocycles. The van der Waals surface area contributed by atoms with Crippen LogP contribution in [-0.2, 0) is 9.53 Å². The first-order valence-corrected chi connectivity index (χ1v) is 5.40. The van der Waals surface area contributed by atoms with Gasteiger partial charge in [0.25, 0.3) is 0 Å². The minimum absolute atomic E-state index is 0. The van der Waals surface area contributed by atoms with Crippen molar-refractivity contribution in [3.05, 3.63) is 0 Å². The van der Waals surface area contributed by atoms with E-state index in [4.69, 9.17) is 4.74 Å². The molecule has 2 aliphatic rings. The Morgan fingerprint density at radius 1 is 1.47 bits per heavy atom. The van der Waals surface area contributed by atoms with Gasteiger partial charge in [0.05, 0.1) is 18.1 Å². The van der Waals surface area contributed by atoms with Crippen LogP contribution in [0.2, 0.25) is 0 Å². The fourth-order valence-electron chi connectivity index (χ4n) is 2.10. The van der Waals surface area contributed by atoms with E-state index in [0.717, 1.165) is 32.5 Å². The molecule has 0 aromatic heterocycles. The maximum Gasteiger partial charge on any atom is 0.224 e. The zero-order chi connectivity index (χ0) is 9.97. The molecule has 2 unspecified atom stereocenters. The van der Waals surface area contributed by atoms with Crippen molar-refractivity contribution >= 4 is 18.3 Å². The first kappa shape index (κ1) is 12.7. The second-order valence-corrected chi connectivity index (χ2v) is 4.17. The molecule has 5 heteroatoms. The summed E-state index contributed by atoms with van der Waals surface area (Å²) < 4.78 is 5.40. The van der Waals surface area contributed by atoms with E-state index in [9.17, 15) is 4.79 Å². The third-order valence-corrected chi connectivity index (χ3v) is 3.13. The van der Waals surface area contributed by atoms with Gasteiger partial charge in [-0.25, -0.2) is 0 Å². The summed E-state index contributed by atoms with van der Waals surface area (Å²) in [5.41, 5.74) is 0. The standard InChI is InChI=1S/C10H18N2O2.ClH/c1-7-9(3-5-14-7)12-10(13)8-2-4-11-6-8;/h7-9,11H,2-6H2,1H3,(H,12,13);1H/t7?,8-,9?;/m0./s1. The minimum Gasteiger partial charge on any atom is -0.376 e. The summed E-state index contributed by atoms with van der Waals surface area (Å²) in [4.78, 5) is 11.7. The number of nitrogens with one attached hydrogen (secondary N) is 2. The van der Waals surface area contributed by atoms with Crippen LogP contribution < -0.4 is 10.6 Å². The average Bonchev–Trinajstić information content (AvgIpc) is 2.77. The number of ether oxygens (including phenoxy) is 1. The van der Waals surface area contributed by atoms with Gasteiger partial charge in [-0.05, 0) is 26.3 Å². The van der Waals surface area contributed by atoms with Crippen LogP contribution in [0.25, 0.3) is 0 Å². The lowest BCUT2D eigenvalue weighted by molar-refractivity contribution is -0.125. The molecule has 2 aliphatic heterocycles. The van der Waals surface area contributed by atoms with Gasteiger partial charge < -0.3 is 15.4 Å². The molecular formula is C10H19ClN2O2. The number of amides is 1. The summed E-state index contributed by atoms with van der Waals surface area (Å²) in [5, 5.41) is 6.26. The summed E-state index contributed by atoms with van der Waals surface area (Å²) >= 11 is 0. The Kier molecular flexibility index (Phi) is 4.83. The molecule has 0 bridgehead atoms. The van der Waals surface area contributed by atoms with Crippen molar-refractivity contribution in [3.63, 3.8) is 0 Å². The van der Waals surface area contributed by atoms with Gasteiger partial charge in [-0.15, -0.1) is 12.4 Å². The summed E-state index contributed by atoms with van der Waals surface area (Å²) in [7, 11) is 0. The molecule has 0 aromatic rings. The van der Waals surface area contributed by atoms with Gasteiger partial charge in [0, 0.05) is 13.2 Å². The van der Waals surface area contributed by atoms with E-state index >= 15 is 0 Å². The molecule has 0 aromatic carbocycles. The lowest BCUT2D eigenvalue weighted by Gasteiger charge is -2.18. The van der Waals surface area contributed by atoms with Gasteiger partial charge in [0.1, 0.15) is 0 Å². The molecule has 88 valence electrons. The topological polar surface area (TPSA) is 50.4 Å². The van der Waals surface area contributed by atoms with Crippen molar-refractivity contribution in [2.75, 3.05) is 19.7 Å². The van der Waals surface area contributed by atoms with Crippen LogP contribution in [0.3, 0.4) is 0 Å². The summed E-state index contributed by atoms with van der Waals surface area (Å²) in [5.74, 6) is 0.361. The molecule has 0 spiro atoms. The molecule has 2 fully saturated rings.